The van der Waals surface area contributed by atoms with Crippen LogP contribution in [0.1, 0.15) is 56.8 Å². The maximum atomic E-state index is 12.6. The number of aromatic nitrogens is 1. The van der Waals surface area contributed by atoms with Crippen LogP contribution >= 0.6 is 0 Å². The van der Waals surface area contributed by atoms with Crippen molar-refractivity contribution in [1.82, 2.24) is 4.98 Å². The minimum atomic E-state index is -0.837. The Balaban J connectivity index is 1.46. The van der Waals surface area contributed by atoms with Crippen molar-refractivity contribution in [2.45, 2.75) is 70.4 Å². The maximum absolute atomic E-state index is 12.6. The predicted octanol–water partition coefficient (Wildman–Crippen LogP) is 3.45. The van der Waals surface area contributed by atoms with Gasteiger partial charge in [0.2, 0.25) is 12.1 Å². The second-order valence-electron chi connectivity index (χ2n) is 8.92. The van der Waals surface area contributed by atoms with Gasteiger partial charge in [0.25, 0.3) is 0 Å². The summed E-state index contributed by atoms with van der Waals surface area (Å²) < 4.78 is 18.3. The number of rotatable bonds is 2. The summed E-state index contributed by atoms with van der Waals surface area (Å²) in [4.78, 5) is 28.5. The van der Waals surface area contributed by atoms with Crippen molar-refractivity contribution in [3.05, 3.63) is 30.1 Å². The Morgan fingerprint density at radius 2 is 2.07 bits per heavy atom. The van der Waals surface area contributed by atoms with Gasteiger partial charge < -0.3 is 14.2 Å². The molecule has 5 heterocycles. The summed E-state index contributed by atoms with van der Waals surface area (Å²) >= 11 is 0. The quantitative estimate of drug-likeness (QED) is 0.566. The van der Waals surface area contributed by atoms with Crippen LogP contribution in [0.25, 0.3) is 0 Å². The first kappa shape index (κ1) is 18.5. The molecule has 7 nitrogen and oxygen atoms in total. The van der Waals surface area contributed by atoms with E-state index in [4.69, 9.17) is 24.0 Å². The van der Waals surface area contributed by atoms with Gasteiger partial charge in [0.1, 0.15) is 0 Å². The van der Waals surface area contributed by atoms with Crippen LogP contribution in [-0.4, -0.2) is 34.9 Å². The average Bonchev–Trinajstić information content (AvgIpc) is 2.92. The van der Waals surface area contributed by atoms with Crippen LogP contribution in [0.15, 0.2) is 24.5 Å². The van der Waals surface area contributed by atoms with E-state index in [2.05, 4.69) is 18.8 Å². The Labute approximate surface area is 164 Å². The number of nitrogens with zero attached hydrogens (tertiary/aromatic N) is 1. The maximum Gasteiger partial charge on any atom is 0.342 e. The molecule has 2 unspecified atom stereocenters. The monoisotopic (exact) mass is 389 g/mol. The fourth-order valence-corrected chi connectivity index (χ4v) is 5.66. The Kier molecular flexibility index (Phi) is 4.28. The lowest BCUT2D eigenvalue weighted by molar-refractivity contribution is -0.576. The van der Waals surface area contributed by atoms with Gasteiger partial charge in [-0.25, -0.2) is 14.6 Å². The summed E-state index contributed by atoms with van der Waals surface area (Å²) in [6.45, 7) is 6.22. The van der Waals surface area contributed by atoms with E-state index in [9.17, 15) is 4.79 Å². The second-order valence-corrected chi connectivity index (χ2v) is 8.92. The summed E-state index contributed by atoms with van der Waals surface area (Å²) in [7, 11) is 0. The number of carbonyl (C=O) groups is 1. The number of esters is 1. The molecule has 1 aromatic heterocycles. The topological polar surface area (TPSA) is 76.1 Å². The molecule has 6 rings (SSSR count). The zero-order valence-electron chi connectivity index (χ0n) is 16.5. The van der Waals surface area contributed by atoms with Crippen LogP contribution in [0, 0.1) is 23.7 Å². The summed E-state index contributed by atoms with van der Waals surface area (Å²) in [5.41, 5.74) is -0.242. The zero-order chi connectivity index (χ0) is 19.5. The molecule has 152 valence electrons. The largest absolute Gasteiger partial charge is 0.432 e. The fraction of sp³-hybridized carbons (Fsp3) is 0.714. The molecule has 1 aromatic rings. The zero-order valence-corrected chi connectivity index (χ0v) is 16.5. The summed E-state index contributed by atoms with van der Waals surface area (Å²) in [6.07, 6.45) is 5.60. The minimum Gasteiger partial charge on any atom is -0.432 e. The molecule has 28 heavy (non-hydrogen) atoms. The standard InChI is InChI=1S/C21H27NO6/c1-12-6-7-16-13(2)18(24-17(23)14-5-4-10-22-11-14)25-19-21(16)15(12)8-9-20(3,26-19)27-28-21/h4-5,10-13,15-16,18-19H,6-9H2,1-3H3/t12-,13-,15?,16-,18?,19-,20+,21-/m1/s1. The Morgan fingerprint density at radius 1 is 1.21 bits per heavy atom. The van der Waals surface area contributed by atoms with Gasteiger partial charge in [-0.3, -0.25) is 4.98 Å². The molecule has 4 saturated heterocycles. The van der Waals surface area contributed by atoms with Gasteiger partial charge in [-0.1, -0.05) is 13.8 Å². The molecule has 1 spiro atoms. The lowest BCUT2D eigenvalue weighted by Crippen LogP contribution is -2.70. The highest BCUT2D eigenvalue weighted by Crippen LogP contribution is 2.60. The molecule has 4 aliphatic heterocycles. The molecular formula is C21H27NO6. The first-order valence-corrected chi connectivity index (χ1v) is 10.2. The van der Waals surface area contributed by atoms with Crippen LogP contribution in [0.5, 0.6) is 0 Å². The highest BCUT2D eigenvalue weighted by Gasteiger charge is 2.69. The van der Waals surface area contributed by atoms with E-state index in [1.54, 1.807) is 18.3 Å². The summed E-state index contributed by atoms with van der Waals surface area (Å²) in [5, 5.41) is 0. The van der Waals surface area contributed by atoms with E-state index in [0.717, 1.165) is 25.7 Å². The molecule has 8 atom stereocenters. The number of carbonyl (C=O) groups excluding carboxylic acids is 1. The summed E-state index contributed by atoms with van der Waals surface area (Å²) in [5.74, 6) is -0.405. The van der Waals surface area contributed by atoms with E-state index in [-0.39, 0.29) is 17.8 Å². The highest BCUT2D eigenvalue weighted by atomic mass is 17.3. The molecule has 5 aliphatic rings. The minimum absolute atomic E-state index is 0.0403. The SMILES string of the molecule is C[C@@H]1CC[C@@H]2[C@@H](C)C(OC(=O)c3cccnc3)O[C@@H]3O[C@]4(C)CCC1[C@]32OO4. The van der Waals surface area contributed by atoms with E-state index in [1.165, 1.54) is 6.20 Å². The van der Waals surface area contributed by atoms with Gasteiger partial charge in [0, 0.05) is 30.7 Å². The first-order chi connectivity index (χ1) is 13.4. The summed E-state index contributed by atoms with van der Waals surface area (Å²) in [6, 6.07) is 3.40. The van der Waals surface area contributed by atoms with Gasteiger partial charge in [-0.05, 0) is 50.2 Å². The third-order valence-electron chi connectivity index (χ3n) is 7.22. The van der Waals surface area contributed by atoms with Crippen LogP contribution < -0.4 is 0 Å². The van der Waals surface area contributed by atoms with Gasteiger partial charge in [0.15, 0.2) is 11.9 Å². The van der Waals surface area contributed by atoms with Gasteiger partial charge in [-0.15, -0.1) is 0 Å². The molecule has 5 fully saturated rings. The van der Waals surface area contributed by atoms with Gasteiger partial charge in [-0.2, -0.15) is 0 Å². The van der Waals surface area contributed by atoms with Crippen LogP contribution in [-0.2, 0) is 24.0 Å². The van der Waals surface area contributed by atoms with E-state index < -0.39 is 29.9 Å². The molecule has 0 radical (unpaired) electrons. The number of hydrogen-bond donors (Lipinski definition) is 0. The first-order valence-electron chi connectivity index (χ1n) is 10.2. The van der Waals surface area contributed by atoms with E-state index in [0.29, 0.717) is 11.5 Å². The average molecular weight is 389 g/mol. The Bertz CT molecular complexity index is 759. The Hall–Kier alpha value is -1.54. The lowest BCUT2D eigenvalue weighted by Gasteiger charge is -2.59. The van der Waals surface area contributed by atoms with Gasteiger partial charge >= 0.3 is 5.97 Å². The lowest BCUT2D eigenvalue weighted by atomic mass is 9.58. The third kappa shape index (κ3) is 2.64. The van der Waals surface area contributed by atoms with Crippen LogP contribution in [0.2, 0.25) is 0 Å². The number of fused-ring (bicyclic) bond motifs is 2. The molecule has 0 N–H and O–H groups in total. The van der Waals surface area contributed by atoms with Crippen molar-refractivity contribution in [2.24, 2.45) is 23.7 Å². The second kappa shape index (κ2) is 6.49. The fourth-order valence-electron chi connectivity index (χ4n) is 5.66. The van der Waals surface area contributed by atoms with Gasteiger partial charge in [0.05, 0.1) is 5.56 Å². The van der Waals surface area contributed by atoms with Crippen LogP contribution in [0.3, 0.4) is 0 Å². The third-order valence-corrected chi connectivity index (χ3v) is 7.22. The molecule has 2 bridgehead atoms. The predicted molar refractivity (Wildman–Crippen MR) is 96.5 cm³/mol. The Morgan fingerprint density at radius 3 is 2.86 bits per heavy atom. The van der Waals surface area contributed by atoms with Crippen molar-refractivity contribution in [3.63, 3.8) is 0 Å². The van der Waals surface area contributed by atoms with Crippen LogP contribution in [0.4, 0.5) is 0 Å². The molecule has 1 saturated carbocycles. The number of hydrogen-bond acceptors (Lipinski definition) is 7. The molecular weight excluding hydrogens is 362 g/mol. The molecule has 0 amide bonds. The number of ether oxygens (including phenoxy) is 3. The normalized spacial score (nSPS) is 47.1. The smallest absolute Gasteiger partial charge is 0.342 e. The van der Waals surface area contributed by atoms with Crippen molar-refractivity contribution < 1.29 is 28.8 Å². The van der Waals surface area contributed by atoms with Crippen molar-refractivity contribution in [3.8, 4) is 0 Å². The molecule has 0 aromatic carbocycles. The number of pyridine rings is 1. The van der Waals surface area contributed by atoms with E-state index in [1.807, 2.05) is 6.92 Å². The van der Waals surface area contributed by atoms with Crippen molar-refractivity contribution in [1.29, 1.82) is 0 Å². The molecule has 1 aliphatic carbocycles. The van der Waals surface area contributed by atoms with E-state index >= 15 is 0 Å². The highest BCUT2D eigenvalue weighted by molar-refractivity contribution is 5.89. The van der Waals surface area contributed by atoms with Crippen molar-refractivity contribution in [2.75, 3.05) is 0 Å². The van der Waals surface area contributed by atoms with Crippen molar-refractivity contribution >= 4 is 5.97 Å². The molecule has 7 heteroatoms.